The predicted molar refractivity (Wildman–Crippen MR) is 110 cm³/mol. The summed E-state index contributed by atoms with van der Waals surface area (Å²) in [5.41, 5.74) is 4.34. The van der Waals surface area contributed by atoms with Gasteiger partial charge in [0.1, 0.15) is 0 Å². The molecule has 1 heterocycles. The molecule has 0 spiro atoms. The summed E-state index contributed by atoms with van der Waals surface area (Å²) in [5.74, 6) is -0.0377. The van der Waals surface area contributed by atoms with Crippen LogP contribution in [-0.2, 0) is 4.79 Å². The smallest absolute Gasteiger partial charge is 0.241 e. The zero-order valence-corrected chi connectivity index (χ0v) is 16.1. The van der Waals surface area contributed by atoms with Gasteiger partial charge in [-0.3, -0.25) is 10.1 Å². The molecule has 0 fully saturated rings. The van der Waals surface area contributed by atoms with Crippen LogP contribution in [0.15, 0.2) is 66.0 Å². The summed E-state index contributed by atoms with van der Waals surface area (Å²) in [6, 6.07) is 20.1. The second kappa shape index (κ2) is 8.30. The van der Waals surface area contributed by atoms with Crippen LogP contribution < -0.4 is 10.6 Å². The lowest BCUT2D eigenvalue weighted by Crippen LogP contribution is -2.40. The van der Waals surface area contributed by atoms with E-state index in [1.165, 1.54) is 10.4 Å². The van der Waals surface area contributed by atoms with Gasteiger partial charge in [0.25, 0.3) is 0 Å². The van der Waals surface area contributed by atoms with Crippen LogP contribution in [0, 0.1) is 13.8 Å². The molecule has 0 radical (unpaired) electrons. The molecule has 0 aliphatic rings. The minimum atomic E-state index is -0.330. The standard InChI is InChI=1S/C22H24N2OS/c1-15-9-11-18(12-10-15)21(20-8-5-13-26-20)23-17(3)22(25)24-19-7-4-6-16(2)14-19/h4-14,17,21,23H,1-3H3,(H,24,25)/t17-,21-/m1/s1. The highest BCUT2D eigenvalue weighted by Crippen LogP contribution is 2.27. The number of rotatable bonds is 6. The van der Waals surface area contributed by atoms with Gasteiger partial charge < -0.3 is 5.32 Å². The summed E-state index contributed by atoms with van der Waals surface area (Å²) < 4.78 is 0. The minimum Gasteiger partial charge on any atom is -0.325 e. The first-order valence-electron chi connectivity index (χ1n) is 8.76. The molecule has 0 bridgehead atoms. The first-order chi connectivity index (χ1) is 12.5. The number of carbonyl (C=O) groups is 1. The summed E-state index contributed by atoms with van der Waals surface area (Å²) in [5, 5.41) is 8.55. The van der Waals surface area contributed by atoms with Crippen LogP contribution >= 0.6 is 11.3 Å². The average molecular weight is 365 g/mol. The maximum Gasteiger partial charge on any atom is 0.241 e. The number of nitrogens with one attached hydrogen (secondary N) is 2. The highest BCUT2D eigenvalue weighted by molar-refractivity contribution is 7.10. The third-order valence-electron chi connectivity index (χ3n) is 4.33. The molecule has 0 aliphatic carbocycles. The van der Waals surface area contributed by atoms with Crippen molar-refractivity contribution in [1.29, 1.82) is 0 Å². The molecule has 134 valence electrons. The van der Waals surface area contributed by atoms with Gasteiger partial charge in [-0.2, -0.15) is 0 Å². The molecule has 0 saturated heterocycles. The lowest BCUT2D eigenvalue weighted by molar-refractivity contribution is -0.117. The SMILES string of the molecule is Cc1ccc([C@@H](N[C@H](C)C(=O)Nc2cccc(C)c2)c2cccs2)cc1. The largest absolute Gasteiger partial charge is 0.325 e. The summed E-state index contributed by atoms with van der Waals surface area (Å²) in [4.78, 5) is 13.8. The van der Waals surface area contributed by atoms with Crippen molar-refractivity contribution in [3.8, 4) is 0 Å². The Morgan fingerprint density at radius 1 is 0.962 bits per heavy atom. The number of amides is 1. The minimum absolute atomic E-state index is 0.00569. The van der Waals surface area contributed by atoms with Crippen LogP contribution in [0.3, 0.4) is 0 Å². The van der Waals surface area contributed by atoms with Crippen molar-refractivity contribution in [2.24, 2.45) is 0 Å². The number of carbonyl (C=O) groups excluding carboxylic acids is 1. The molecule has 1 amide bonds. The number of thiophene rings is 1. The molecule has 0 saturated carbocycles. The molecule has 2 aromatic carbocycles. The van der Waals surface area contributed by atoms with E-state index in [0.29, 0.717) is 0 Å². The molecule has 3 rings (SSSR count). The molecule has 4 heteroatoms. The van der Waals surface area contributed by atoms with Crippen molar-refractivity contribution >= 4 is 22.9 Å². The molecule has 2 N–H and O–H groups in total. The van der Waals surface area contributed by atoms with E-state index in [0.717, 1.165) is 16.8 Å². The van der Waals surface area contributed by atoms with Gasteiger partial charge in [0, 0.05) is 10.6 Å². The van der Waals surface area contributed by atoms with Crippen LogP contribution in [0.2, 0.25) is 0 Å². The van der Waals surface area contributed by atoms with Gasteiger partial charge in [-0.25, -0.2) is 0 Å². The highest BCUT2D eigenvalue weighted by Gasteiger charge is 2.21. The zero-order chi connectivity index (χ0) is 18.5. The Morgan fingerprint density at radius 3 is 2.38 bits per heavy atom. The molecule has 3 aromatic rings. The number of benzene rings is 2. The van der Waals surface area contributed by atoms with Crippen LogP contribution in [0.5, 0.6) is 0 Å². The molecule has 26 heavy (non-hydrogen) atoms. The first-order valence-corrected chi connectivity index (χ1v) is 9.64. The topological polar surface area (TPSA) is 41.1 Å². The second-order valence-electron chi connectivity index (χ2n) is 6.61. The van der Waals surface area contributed by atoms with Crippen molar-refractivity contribution in [2.45, 2.75) is 32.9 Å². The van der Waals surface area contributed by atoms with Gasteiger partial charge in [0.2, 0.25) is 5.91 Å². The Hall–Kier alpha value is -2.43. The number of anilines is 1. The Balaban J connectivity index is 1.75. The fraction of sp³-hybridized carbons (Fsp3) is 0.227. The van der Waals surface area contributed by atoms with Gasteiger partial charge in [0.05, 0.1) is 12.1 Å². The maximum absolute atomic E-state index is 12.6. The number of hydrogen-bond acceptors (Lipinski definition) is 3. The summed E-state index contributed by atoms with van der Waals surface area (Å²) in [6.45, 7) is 6.00. The molecular weight excluding hydrogens is 340 g/mol. The van der Waals surface area contributed by atoms with Crippen molar-refractivity contribution < 1.29 is 4.79 Å². The van der Waals surface area contributed by atoms with Gasteiger partial charge in [-0.1, -0.05) is 48.0 Å². The van der Waals surface area contributed by atoms with Gasteiger partial charge in [0.15, 0.2) is 0 Å². The first kappa shape index (κ1) is 18.4. The molecule has 3 nitrogen and oxygen atoms in total. The molecule has 0 aliphatic heterocycles. The zero-order valence-electron chi connectivity index (χ0n) is 15.3. The molecule has 0 unspecified atom stereocenters. The van der Waals surface area contributed by atoms with E-state index >= 15 is 0 Å². The summed E-state index contributed by atoms with van der Waals surface area (Å²) >= 11 is 1.70. The monoisotopic (exact) mass is 364 g/mol. The highest BCUT2D eigenvalue weighted by atomic mass is 32.1. The van der Waals surface area contributed by atoms with E-state index in [-0.39, 0.29) is 18.0 Å². The van der Waals surface area contributed by atoms with Crippen molar-refractivity contribution in [3.63, 3.8) is 0 Å². The Kier molecular flexibility index (Phi) is 5.86. The number of aryl methyl sites for hydroxylation is 2. The molecular formula is C22H24N2OS. The molecule has 1 aromatic heterocycles. The van der Waals surface area contributed by atoms with E-state index in [1.54, 1.807) is 11.3 Å². The van der Waals surface area contributed by atoms with Crippen LogP contribution in [0.1, 0.15) is 34.5 Å². The van der Waals surface area contributed by atoms with E-state index < -0.39 is 0 Å². The lowest BCUT2D eigenvalue weighted by atomic mass is 10.0. The summed E-state index contributed by atoms with van der Waals surface area (Å²) in [7, 11) is 0. The fourth-order valence-electron chi connectivity index (χ4n) is 2.86. The fourth-order valence-corrected chi connectivity index (χ4v) is 3.67. The van der Waals surface area contributed by atoms with E-state index in [1.807, 2.05) is 44.2 Å². The van der Waals surface area contributed by atoms with E-state index in [9.17, 15) is 4.79 Å². The lowest BCUT2D eigenvalue weighted by Gasteiger charge is -2.23. The van der Waals surface area contributed by atoms with Gasteiger partial charge >= 0.3 is 0 Å². The predicted octanol–water partition coefficient (Wildman–Crippen LogP) is 5.07. The average Bonchev–Trinajstić information content (AvgIpc) is 3.14. The van der Waals surface area contributed by atoms with Crippen LogP contribution in [0.25, 0.3) is 0 Å². The van der Waals surface area contributed by atoms with Gasteiger partial charge in [-0.05, 0) is 55.5 Å². The molecule has 2 atom stereocenters. The van der Waals surface area contributed by atoms with E-state index in [2.05, 4.69) is 53.3 Å². The Labute approximate surface area is 159 Å². The third-order valence-corrected chi connectivity index (χ3v) is 5.27. The van der Waals surface area contributed by atoms with Crippen LogP contribution in [0.4, 0.5) is 5.69 Å². The quantitative estimate of drug-likeness (QED) is 0.641. The van der Waals surface area contributed by atoms with Crippen molar-refractivity contribution in [1.82, 2.24) is 5.32 Å². The van der Waals surface area contributed by atoms with Crippen molar-refractivity contribution in [2.75, 3.05) is 5.32 Å². The Bertz CT molecular complexity index is 856. The summed E-state index contributed by atoms with van der Waals surface area (Å²) in [6.07, 6.45) is 0. The van der Waals surface area contributed by atoms with Crippen molar-refractivity contribution in [3.05, 3.63) is 87.6 Å². The number of hydrogen-bond donors (Lipinski definition) is 2. The van der Waals surface area contributed by atoms with Gasteiger partial charge in [-0.15, -0.1) is 11.3 Å². The Morgan fingerprint density at radius 2 is 1.73 bits per heavy atom. The van der Waals surface area contributed by atoms with E-state index in [4.69, 9.17) is 0 Å². The second-order valence-corrected chi connectivity index (χ2v) is 7.59. The third kappa shape index (κ3) is 4.59. The maximum atomic E-state index is 12.6. The normalized spacial score (nSPS) is 13.2. The van der Waals surface area contributed by atoms with Crippen LogP contribution in [-0.4, -0.2) is 11.9 Å².